The van der Waals surface area contributed by atoms with Gasteiger partial charge in [-0.15, -0.1) is 0 Å². The Bertz CT molecular complexity index is 158. The fourth-order valence-electron chi connectivity index (χ4n) is 0.721. The van der Waals surface area contributed by atoms with Crippen LogP contribution in [0.25, 0.3) is 0 Å². The SMILES string of the molecule is O=C([O-])CN(CCO)CC(=O)[O-].[Zn+2]. The van der Waals surface area contributed by atoms with Crippen molar-refractivity contribution in [2.45, 2.75) is 0 Å². The number of hydrogen-bond donors (Lipinski definition) is 1. The Morgan fingerprint density at radius 3 is 1.77 bits per heavy atom. The fourth-order valence-corrected chi connectivity index (χ4v) is 0.721. The molecule has 6 nitrogen and oxygen atoms in total. The first-order chi connectivity index (χ1) is 5.56. The maximum Gasteiger partial charge on any atom is 2.00 e. The molecule has 0 bridgehead atoms. The van der Waals surface area contributed by atoms with Crippen LogP contribution in [0.15, 0.2) is 0 Å². The van der Waals surface area contributed by atoms with Gasteiger partial charge in [-0.25, -0.2) is 0 Å². The molecule has 0 fully saturated rings. The summed E-state index contributed by atoms with van der Waals surface area (Å²) >= 11 is 0. The maximum atomic E-state index is 10.0. The van der Waals surface area contributed by atoms with Crippen molar-refractivity contribution in [1.29, 1.82) is 0 Å². The summed E-state index contributed by atoms with van der Waals surface area (Å²) in [7, 11) is 0. The van der Waals surface area contributed by atoms with Gasteiger partial charge in [0.25, 0.3) is 0 Å². The smallest absolute Gasteiger partial charge is 0.549 e. The van der Waals surface area contributed by atoms with E-state index in [-0.39, 0.29) is 32.6 Å². The van der Waals surface area contributed by atoms with Crippen LogP contribution < -0.4 is 10.2 Å². The summed E-state index contributed by atoms with van der Waals surface area (Å²) in [6, 6.07) is 0. The average Bonchev–Trinajstić information content (AvgIpc) is 1.84. The van der Waals surface area contributed by atoms with Gasteiger partial charge >= 0.3 is 19.5 Å². The zero-order valence-corrected chi connectivity index (χ0v) is 10.0. The van der Waals surface area contributed by atoms with Crippen LogP contribution in [0.2, 0.25) is 0 Å². The van der Waals surface area contributed by atoms with Crippen molar-refractivity contribution in [1.82, 2.24) is 4.90 Å². The molecule has 0 amide bonds. The van der Waals surface area contributed by atoms with E-state index < -0.39 is 25.0 Å². The second-order valence-corrected chi connectivity index (χ2v) is 2.18. The molecule has 0 spiro atoms. The molecule has 0 saturated heterocycles. The van der Waals surface area contributed by atoms with E-state index in [9.17, 15) is 19.8 Å². The summed E-state index contributed by atoms with van der Waals surface area (Å²) in [5.74, 6) is -2.77. The molecular weight excluding hydrogens is 231 g/mol. The zero-order valence-electron chi connectivity index (χ0n) is 7.06. The monoisotopic (exact) mass is 239 g/mol. The molecule has 7 heteroatoms. The summed E-state index contributed by atoms with van der Waals surface area (Å²) in [6.45, 7) is -1.37. The first kappa shape index (κ1) is 15.0. The quantitative estimate of drug-likeness (QED) is 0.472. The molecule has 0 aromatic carbocycles. The molecule has 0 aliphatic carbocycles. The second kappa shape index (κ2) is 8.10. The molecule has 0 aromatic rings. The summed E-state index contributed by atoms with van der Waals surface area (Å²) in [5, 5.41) is 28.4. The number of hydrogen-bond acceptors (Lipinski definition) is 6. The van der Waals surface area contributed by atoms with E-state index in [1.54, 1.807) is 0 Å². The molecule has 70 valence electrons. The molecule has 0 aliphatic heterocycles. The van der Waals surface area contributed by atoms with Gasteiger partial charge in [0.2, 0.25) is 0 Å². The minimum Gasteiger partial charge on any atom is -0.549 e. The molecule has 13 heavy (non-hydrogen) atoms. The van der Waals surface area contributed by atoms with Crippen LogP contribution in [0.4, 0.5) is 0 Å². The molecule has 0 unspecified atom stereocenters. The third kappa shape index (κ3) is 9.40. The van der Waals surface area contributed by atoms with Crippen molar-refractivity contribution in [3.63, 3.8) is 0 Å². The van der Waals surface area contributed by atoms with E-state index in [0.717, 1.165) is 4.90 Å². The number of carboxylic acid groups (broad SMARTS) is 2. The molecule has 0 saturated carbocycles. The van der Waals surface area contributed by atoms with Gasteiger partial charge in [-0.05, 0) is 0 Å². The van der Waals surface area contributed by atoms with Gasteiger partial charge in [-0.3, -0.25) is 4.90 Å². The molecule has 0 atom stereocenters. The Hall–Kier alpha value is -0.517. The predicted molar refractivity (Wildman–Crippen MR) is 33.5 cm³/mol. The van der Waals surface area contributed by atoms with Gasteiger partial charge in [0, 0.05) is 19.6 Å². The van der Waals surface area contributed by atoms with E-state index in [2.05, 4.69) is 0 Å². The topological polar surface area (TPSA) is 104 Å². The minimum atomic E-state index is -1.38. The van der Waals surface area contributed by atoms with E-state index in [1.165, 1.54) is 0 Å². The minimum absolute atomic E-state index is 0. The summed E-state index contributed by atoms with van der Waals surface area (Å²) in [5.41, 5.74) is 0. The zero-order chi connectivity index (χ0) is 9.56. The van der Waals surface area contributed by atoms with E-state index >= 15 is 0 Å². The summed E-state index contributed by atoms with van der Waals surface area (Å²) in [4.78, 5) is 21.0. The Morgan fingerprint density at radius 1 is 1.15 bits per heavy atom. The third-order valence-corrected chi connectivity index (χ3v) is 1.12. The number of nitrogens with zero attached hydrogens (tertiary/aromatic N) is 1. The van der Waals surface area contributed by atoms with Gasteiger partial charge < -0.3 is 24.9 Å². The van der Waals surface area contributed by atoms with Crippen molar-refractivity contribution in [2.75, 3.05) is 26.2 Å². The van der Waals surface area contributed by atoms with Crippen molar-refractivity contribution in [3.05, 3.63) is 0 Å². The van der Waals surface area contributed by atoms with Crippen LogP contribution in [0.1, 0.15) is 0 Å². The van der Waals surface area contributed by atoms with Crippen LogP contribution in [0.5, 0.6) is 0 Å². The standard InChI is InChI=1S/C6H11NO5.Zn/c8-2-1-7(3-5(9)10)4-6(11)12;/h8H,1-4H2,(H,9,10)(H,11,12);/q;+2/p-2. The Morgan fingerprint density at radius 2 is 1.54 bits per heavy atom. The number of aliphatic carboxylic acids is 2. The second-order valence-electron chi connectivity index (χ2n) is 2.18. The number of carbonyl (C=O) groups excluding carboxylic acids is 2. The van der Waals surface area contributed by atoms with Crippen LogP contribution in [-0.2, 0) is 29.1 Å². The van der Waals surface area contributed by atoms with Gasteiger partial charge in [0.05, 0.1) is 18.5 Å². The van der Waals surface area contributed by atoms with Crippen molar-refractivity contribution in [2.24, 2.45) is 0 Å². The van der Waals surface area contributed by atoms with Crippen LogP contribution >= 0.6 is 0 Å². The third-order valence-electron chi connectivity index (χ3n) is 1.12. The number of carbonyl (C=O) groups is 2. The number of aliphatic hydroxyl groups is 1. The Kier molecular flexibility index (Phi) is 9.33. The first-order valence-electron chi connectivity index (χ1n) is 3.29. The predicted octanol–water partition coefficient (Wildman–Crippen LogP) is -4.22. The van der Waals surface area contributed by atoms with Crippen molar-refractivity contribution < 1.29 is 44.4 Å². The number of rotatable bonds is 6. The normalized spacial score (nSPS) is 9.38. The molecule has 0 rings (SSSR count). The number of aliphatic hydroxyl groups excluding tert-OH is 1. The molecule has 0 heterocycles. The summed E-state index contributed by atoms with van der Waals surface area (Å²) in [6.07, 6.45) is 0. The first-order valence-corrected chi connectivity index (χ1v) is 3.29. The largest absolute Gasteiger partial charge is 2.00 e. The number of carboxylic acids is 2. The Balaban J connectivity index is 0. The molecular formula is C6H9NO5Zn. The van der Waals surface area contributed by atoms with Crippen molar-refractivity contribution >= 4 is 11.9 Å². The van der Waals surface area contributed by atoms with Gasteiger partial charge in [-0.1, -0.05) is 0 Å². The van der Waals surface area contributed by atoms with E-state index in [0.29, 0.717) is 0 Å². The molecule has 1 N–H and O–H groups in total. The van der Waals surface area contributed by atoms with Gasteiger partial charge in [0.1, 0.15) is 0 Å². The van der Waals surface area contributed by atoms with Gasteiger partial charge in [-0.2, -0.15) is 0 Å². The molecule has 0 radical (unpaired) electrons. The average molecular weight is 241 g/mol. The van der Waals surface area contributed by atoms with Crippen LogP contribution in [0.3, 0.4) is 0 Å². The fraction of sp³-hybridized carbons (Fsp3) is 0.667. The van der Waals surface area contributed by atoms with E-state index in [1.807, 2.05) is 0 Å². The van der Waals surface area contributed by atoms with E-state index in [4.69, 9.17) is 5.11 Å². The van der Waals surface area contributed by atoms with Crippen LogP contribution in [-0.4, -0.2) is 48.2 Å². The Labute approximate surface area is 87.9 Å². The molecule has 0 aliphatic rings. The van der Waals surface area contributed by atoms with Crippen molar-refractivity contribution in [3.8, 4) is 0 Å². The summed E-state index contributed by atoms with van der Waals surface area (Å²) < 4.78 is 0. The van der Waals surface area contributed by atoms with Gasteiger partial charge in [0.15, 0.2) is 0 Å². The molecule has 0 aromatic heterocycles. The van der Waals surface area contributed by atoms with Crippen LogP contribution in [0, 0.1) is 0 Å². The maximum absolute atomic E-state index is 10.0.